The third-order valence-corrected chi connectivity index (χ3v) is 3.31. The molecule has 0 aromatic heterocycles. The van der Waals surface area contributed by atoms with Gasteiger partial charge < -0.3 is 9.64 Å². The minimum absolute atomic E-state index is 0.0189. The quantitative estimate of drug-likeness (QED) is 0.725. The fourth-order valence-electron chi connectivity index (χ4n) is 1.82. The summed E-state index contributed by atoms with van der Waals surface area (Å²) in [5.74, 6) is 0.493. The van der Waals surface area contributed by atoms with Crippen LogP contribution in [-0.2, 0) is 4.79 Å². The second kappa shape index (κ2) is 4.07. The molecule has 1 heterocycles. The Bertz CT molecular complexity index is 486. The van der Waals surface area contributed by atoms with Crippen LogP contribution in [0.2, 0.25) is 10.0 Å². The average Bonchev–Trinajstić information content (AvgIpc) is 2.31. The number of nitrogens with zero attached hydrogens (tertiary/aromatic N) is 1. The number of hydrogen-bond donors (Lipinski definition) is 0. The molecule has 0 N–H and O–H groups in total. The van der Waals surface area contributed by atoms with Crippen LogP contribution >= 0.6 is 23.2 Å². The van der Waals surface area contributed by atoms with Gasteiger partial charge in [-0.25, -0.2) is 0 Å². The number of amides is 1. The molecule has 0 radical (unpaired) electrons. The second-order valence-electron chi connectivity index (χ2n) is 4.77. The van der Waals surface area contributed by atoms with Crippen LogP contribution in [0.15, 0.2) is 12.1 Å². The van der Waals surface area contributed by atoms with E-state index in [9.17, 15) is 4.79 Å². The zero-order chi connectivity index (χ0) is 12.8. The topological polar surface area (TPSA) is 29.5 Å². The highest BCUT2D eigenvalue weighted by Crippen LogP contribution is 2.42. The summed E-state index contributed by atoms with van der Waals surface area (Å²) >= 11 is 12.0. The SMILES string of the molecule is CN1C(=O)C(C)(C)COc2c(Cl)cc(Cl)cc21. The van der Waals surface area contributed by atoms with Gasteiger partial charge >= 0.3 is 0 Å². The van der Waals surface area contributed by atoms with Crippen LogP contribution in [0.5, 0.6) is 5.75 Å². The van der Waals surface area contributed by atoms with Gasteiger partial charge in [-0.3, -0.25) is 4.79 Å². The smallest absolute Gasteiger partial charge is 0.235 e. The number of hydrogen-bond acceptors (Lipinski definition) is 2. The van der Waals surface area contributed by atoms with Crippen molar-refractivity contribution < 1.29 is 9.53 Å². The molecule has 0 aliphatic carbocycles. The summed E-state index contributed by atoms with van der Waals surface area (Å²) in [6, 6.07) is 3.29. The Hall–Kier alpha value is -0.930. The van der Waals surface area contributed by atoms with Gasteiger partial charge in [-0.2, -0.15) is 0 Å². The third-order valence-electron chi connectivity index (χ3n) is 2.81. The van der Waals surface area contributed by atoms with E-state index in [0.29, 0.717) is 28.1 Å². The molecule has 1 aliphatic rings. The molecular weight excluding hydrogens is 261 g/mol. The average molecular weight is 274 g/mol. The predicted molar refractivity (Wildman–Crippen MR) is 69.1 cm³/mol. The van der Waals surface area contributed by atoms with E-state index in [-0.39, 0.29) is 5.91 Å². The molecule has 2 rings (SSSR count). The van der Waals surface area contributed by atoms with Crippen LogP contribution < -0.4 is 9.64 Å². The molecule has 3 nitrogen and oxygen atoms in total. The molecule has 0 atom stereocenters. The maximum absolute atomic E-state index is 12.2. The van der Waals surface area contributed by atoms with E-state index in [0.717, 1.165) is 0 Å². The summed E-state index contributed by atoms with van der Waals surface area (Å²) in [5, 5.41) is 0.904. The summed E-state index contributed by atoms with van der Waals surface area (Å²) < 4.78 is 5.64. The molecule has 17 heavy (non-hydrogen) atoms. The lowest BCUT2D eigenvalue weighted by Gasteiger charge is -2.24. The van der Waals surface area contributed by atoms with Crippen LogP contribution in [0.4, 0.5) is 5.69 Å². The lowest BCUT2D eigenvalue weighted by molar-refractivity contribution is -0.127. The lowest BCUT2D eigenvalue weighted by atomic mass is 9.93. The highest BCUT2D eigenvalue weighted by Gasteiger charge is 2.36. The summed E-state index contributed by atoms with van der Waals surface area (Å²) in [7, 11) is 1.70. The van der Waals surface area contributed by atoms with Gasteiger partial charge in [0, 0.05) is 12.1 Å². The molecule has 0 spiro atoms. The molecule has 1 amide bonds. The summed E-state index contributed by atoms with van der Waals surface area (Å²) in [6.07, 6.45) is 0. The molecule has 0 saturated heterocycles. The first-order valence-corrected chi connectivity index (χ1v) is 5.98. The van der Waals surface area contributed by atoms with E-state index in [1.807, 2.05) is 13.8 Å². The molecule has 0 bridgehead atoms. The zero-order valence-electron chi connectivity index (χ0n) is 9.88. The van der Waals surface area contributed by atoms with Gasteiger partial charge in [-0.1, -0.05) is 23.2 Å². The van der Waals surface area contributed by atoms with E-state index in [1.54, 1.807) is 24.1 Å². The number of fused-ring (bicyclic) bond motifs is 1. The first-order chi connectivity index (χ1) is 7.83. The number of carbonyl (C=O) groups is 1. The van der Waals surface area contributed by atoms with Crippen molar-refractivity contribution in [3.63, 3.8) is 0 Å². The maximum Gasteiger partial charge on any atom is 0.235 e. The van der Waals surface area contributed by atoms with Gasteiger partial charge in [0.05, 0.1) is 16.1 Å². The van der Waals surface area contributed by atoms with E-state index in [2.05, 4.69) is 0 Å². The number of halogens is 2. The van der Waals surface area contributed by atoms with Crippen LogP contribution in [0.25, 0.3) is 0 Å². The Morgan fingerprint density at radius 2 is 2.00 bits per heavy atom. The summed E-state index contributed by atoms with van der Waals surface area (Å²) in [4.78, 5) is 13.8. The number of anilines is 1. The van der Waals surface area contributed by atoms with Gasteiger partial charge in [0.2, 0.25) is 5.91 Å². The second-order valence-corrected chi connectivity index (χ2v) is 5.62. The normalized spacial score (nSPS) is 18.4. The van der Waals surface area contributed by atoms with Gasteiger partial charge in [-0.05, 0) is 26.0 Å². The van der Waals surface area contributed by atoms with Crippen LogP contribution in [0, 0.1) is 5.41 Å². The molecule has 92 valence electrons. The van der Waals surface area contributed by atoms with Gasteiger partial charge in [-0.15, -0.1) is 0 Å². The first kappa shape index (κ1) is 12.5. The van der Waals surface area contributed by atoms with E-state index >= 15 is 0 Å². The van der Waals surface area contributed by atoms with Crippen LogP contribution in [0.1, 0.15) is 13.8 Å². The Labute approximate surface area is 110 Å². The number of ether oxygens (including phenoxy) is 1. The lowest BCUT2D eigenvalue weighted by Crippen LogP contribution is -2.39. The Balaban J connectivity index is 2.59. The summed E-state index contributed by atoms with van der Waals surface area (Å²) in [5.41, 5.74) is 0.0295. The minimum Gasteiger partial charge on any atom is -0.489 e. The van der Waals surface area contributed by atoms with Crippen LogP contribution in [0.3, 0.4) is 0 Å². The van der Waals surface area contributed by atoms with Gasteiger partial charge in [0.15, 0.2) is 5.75 Å². The number of carbonyl (C=O) groups excluding carboxylic acids is 1. The first-order valence-electron chi connectivity index (χ1n) is 5.23. The van der Waals surface area contributed by atoms with Gasteiger partial charge in [0.25, 0.3) is 0 Å². The van der Waals surface area contributed by atoms with Crippen molar-refractivity contribution >= 4 is 34.8 Å². The molecule has 0 saturated carbocycles. The van der Waals surface area contributed by atoms with Crippen molar-refractivity contribution in [2.45, 2.75) is 13.8 Å². The Kier molecular flexibility index (Phi) is 3.00. The zero-order valence-corrected chi connectivity index (χ0v) is 11.4. The molecule has 0 fully saturated rings. The van der Waals surface area contributed by atoms with E-state index < -0.39 is 5.41 Å². The van der Waals surface area contributed by atoms with Crippen molar-refractivity contribution in [3.05, 3.63) is 22.2 Å². The molecular formula is C12H13Cl2NO2. The van der Waals surface area contributed by atoms with Crippen molar-refractivity contribution in [2.24, 2.45) is 5.41 Å². The fourth-order valence-corrected chi connectivity index (χ4v) is 2.35. The van der Waals surface area contributed by atoms with E-state index in [1.165, 1.54) is 0 Å². The highest BCUT2D eigenvalue weighted by atomic mass is 35.5. The molecule has 1 aliphatic heterocycles. The van der Waals surface area contributed by atoms with Crippen molar-refractivity contribution in [1.29, 1.82) is 0 Å². The van der Waals surface area contributed by atoms with Crippen LogP contribution in [-0.4, -0.2) is 19.6 Å². The van der Waals surface area contributed by atoms with Crippen molar-refractivity contribution in [2.75, 3.05) is 18.6 Å². The Morgan fingerprint density at radius 3 is 2.65 bits per heavy atom. The third kappa shape index (κ3) is 2.09. The van der Waals surface area contributed by atoms with Gasteiger partial charge in [0.1, 0.15) is 6.61 Å². The standard InChI is InChI=1S/C12H13Cl2NO2/c1-12(2)6-17-10-8(14)4-7(13)5-9(10)15(3)11(12)16/h4-5H,6H2,1-3H3. The molecule has 0 unspecified atom stereocenters. The number of rotatable bonds is 0. The molecule has 1 aromatic carbocycles. The fraction of sp³-hybridized carbons (Fsp3) is 0.417. The van der Waals surface area contributed by atoms with E-state index in [4.69, 9.17) is 27.9 Å². The van der Waals surface area contributed by atoms with Crippen molar-refractivity contribution in [3.8, 4) is 5.75 Å². The van der Waals surface area contributed by atoms with Crippen molar-refractivity contribution in [1.82, 2.24) is 0 Å². The highest BCUT2D eigenvalue weighted by molar-refractivity contribution is 6.36. The molecule has 5 heteroatoms. The largest absolute Gasteiger partial charge is 0.489 e. The monoisotopic (exact) mass is 273 g/mol. The Morgan fingerprint density at radius 1 is 1.35 bits per heavy atom. The number of benzene rings is 1. The molecule has 1 aromatic rings. The summed E-state index contributed by atoms with van der Waals surface area (Å²) in [6.45, 7) is 3.98. The predicted octanol–water partition coefficient (Wildman–Crippen LogP) is 3.37. The minimum atomic E-state index is -0.580. The maximum atomic E-state index is 12.2.